The summed E-state index contributed by atoms with van der Waals surface area (Å²) >= 11 is 5.96. The summed E-state index contributed by atoms with van der Waals surface area (Å²) in [6, 6.07) is 26.8. The fourth-order valence-corrected chi connectivity index (χ4v) is 5.73. The molecule has 6 nitrogen and oxygen atoms in total. The van der Waals surface area contributed by atoms with Gasteiger partial charge in [0.1, 0.15) is 6.54 Å². The number of hydrogen-bond acceptors (Lipinski definition) is 4. The monoisotopic (exact) mass is 574 g/mol. The number of benzene rings is 4. The van der Waals surface area contributed by atoms with E-state index in [0.29, 0.717) is 27.5 Å². The smallest absolute Gasteiger partial charge is 0.264 e. The predicted molar refractivity (Wildman–Crippen MR) is 161 cm³/mol. The second kappa shape index (κ2) is 11.7. The zero-order chi connectivity index (χ0) is 29.1. The van der Waals surface area contributed by atoms with Crippen LogP contribution in [-0.4, -0.2) is 26.7 Å². The second-order valence-electron chi connectivity index (χ2n) is 10.6. The number of aryl methyl sites for hydroxylation is 1. The van der Waals surface area contributed by atoms with E-state index < -0.39 is 22.5 Å². The van der Waals surface area contributed by atoms with Crippen molar-refractivity contribution < 1.29 is 18.0 Å². The van der Waals surface area contributed by atoms with Gasteiger partial charge < -0.3 is 5.32 Å². The van der Waals surface area contributed by atoms with E-state index in [-0.39, 0.29) is 16.1 Å². The molecule has 0 bridgehead atoms. The van der Waals surface area contributed by atoms with Crippen molar-refractivity contribution in [1.82, 2.24) is 0 Å². The number of sulfonamides is 1. The molecule has 0 spiro atoms. The number of amides is 1. The average molecular weight is 575 g/mol. The first kappa shape index (κ1) is 29.1. The van der Waals surface area contributed by atoms with Gasteiger partial charge in [-0.3, -0.25) is 13.9 Å². The Hall–Kier alpha value is -3.94. The number of rotatable bonds is 8. The molecule has 8 heteroatoms. The normalized spacial score (nSPS) is 11.6. The fraction of sp³-hybridized carbons (Fsp3) is 0.188. The maximum Gasteiger partial charge on any atom is 0.264 e. The summed E-state index contributed by atoms with van der Waals surface area (Å²) < 4.78 is 28.2. The SMILES string of the molecule is Cc1cccc(N(CC(=O)Nc2cccc(C(=O)c3ccc(C(C)(C)C)cc3)c2)S(=O)(=O)c2ccc(Cl)cc2)c1. The summed E-state index contributed by atoms with van der Waals surface area (Å²) in [5.41, 5.74) is 3.62. The van der Waals surface area contributed by atoms with Crippen LogP contribution in [0.25, 0.3) is 0 Å². The van der Waals surface area contributed by atoms with Crippen molar-refractivity contribution >= 4 is 44.7 Å². The second-order valence-corrected chi connectivity index (χ2v) is 12.9. The number of hydrogen-bond donors (Lipinski definition) is 1. The average Bonchev–Trinajstić information content (AvgIpc) is 2.91. The maximum atomic E-state index is 13.6. The molecule has 0 aliphatic carbocycles. The highest BCUT2D eigenvalue weighted by molar-refractivity contribution is 7.92. The molecular formula is C32H31ClN2O4S. The molecule has 0 heterocycles. The van der Waals surface area contributed by atoms with E-state index in [9.17, 15) is 18.0 Å². The minimum absolute atomic E-state index is 0.0104. The molecule has 4 rings (SSSR count). The van der Waals surface area contributed by atoms with Gasteiger partial charge >= 0.3 is 0 Å². The molecule has 1 amide bonds. The summed E-state index contributed by atoms with van der Waals surface area (Å²) in [5.74, 6) is -0.735. The van der Waals surface area contributed by atoms with E-state index in [4.69, 9.17) is 11.6 Å². The molecule has 0 atom stereocenters. The zero-order valence-corrected chi connectivity index (χ0v) is 24.4. The van der Waals surface area contributed by atoms with E-state index in [2.05, 4.69) is 26.1 Å². The van der Waals surface area contributed by atoms with Crippen LogP contribution in [0.1, 0.15) is 47.8 Å². The third-order valence-electron chi connectivity index (χ3n) is 6.40. The van der Waals surface area contributed by atoms with Gasteiger partial charge in [-0.1, -0.05) is 80.9 Å². The molecular weight excluding hydrogens is 544 g/mol. The van der Waals surface area contributed by atoms with Gasteiger partial charge in [0.05, 0.1) is 10.6 Å². The first-order chi connectivity index (χ1) is 18.8. The molecule has 0 saturated heterocycles. The van der Waals surface area contributed by atoms with Crippen molar-refractivity contribution in [3.05, 3.63) is 124 Å². The Morgan fingerprint density at radius 2 is 1.48 bits per heavy atom. The minimum atomic E-state index is -4.09. The number of nitrogens with one attached hydrogen (secondary N) is 1. The van der Waals surface area contributed by atoms with E-state index in [1.54, 1.807) is 54.6 Å². The fourth-order valence-electron chi connectivity index (χ4n) is 4.19. The molecule has 40 heavy (non-hydrogen) atoms. The van der Waals surface area contributed by atoms with Crippen molar-refractivity contribution in [3.8, 4) is 0 Å². The number of anilines is 2. The Kier molecular flexibility index (Phi) is 8.47. The van der Waals surface area contributed by atoms with Gasteiger partial charge in [-0.2, -0.15) is 0 Å². The van der Waals surface area contributed by atoms with Crippen LogP contribution in [-0.2, 0) is 20.2 Å². The molecule has 4 aromatic rings. The molecule has 206 valence electrons. The standard InChI is InChI=1S/C32H31ClN2O4S/c1-22-7-5-10-28(19-22)35(40(38,39)29-17-15-26(33)16-18-29)21-30(36)34-27-9-6-8-24(20-27)31(37)23-11-13-25(14-12-23)32(2,3)4/h5-20H,21H2,1-4H3,(H,34,36). The van der Waals surface area contributed by atoms with Crippen molar-refractivity contribution in [2.24, 2.45) is 0 Å². The van der Waals surface area contributed by atoms with Crippen molar-refractivity contribution in [2.75, 3.05) is 16.2 Å². The molecule has 0 aromatic heterocycles. The summed E-state index contributed by atoms with van der Waals surface area (Å²) in [7, 11) is -4.09. The van der Waals surface area contributed by atoms with Crippen LogP contribution in [0.3, 0.4) is 0 Å². The molecule has 0 radical (unpaired) electrons. The van der Waals surface area contributed by atoms with Crippen LogP contribution in [0, 0.1) is 6.92 Å². The van der Waals surface area contributed by atoms with E-state index in [1.165, 1.54) is 24.3 Å². The molecule has 0 fully saturated rings. The molecule has 0 saturated carbocycles. The van der Waals surface area contributed by atoms with Gasteiger partial charge in [-0.05, 0) is 72.0 Å². The van der Waals surface area contributed by atoms with Crippen LogP contribution < -0.4 is 9.62 Å². The first-order valence-corrected chi connectivity index (χ1v) is 14.6. The molecule has 4 aromatic carbocycles. The van der Waals surface area contributed by atoms with Crippen molar-refractivity contribution in [2.45, 2.75) is 38.0 Å². The number of carbonyl (C=O) groups excluding carboxylic acids is 2. The first-order valence-electron chi connectivity index (χ1n) is 12.7. The van der Waals surface area contributed by atoms with Crippen molar-refractivity contribution in [1.29, 1.82) is 0 Å². The summed E-state index contributed by atoms with van der Waals surface area (Å²) in [6.45, 7) is 7.70. The Morgan fingerprint density at radius 3 is 2.10 bits per heavy atom. The summed E-state index contributed by atoms with van der Waals surface area (Å²) in [5, 5.41) is 3.15. The lowest BCUT2D eigenvalue weighted by Crippen LogP contribution is -2.38. The highest BCUT2D eigenvalue weighted by atomic mass is 35.5. The summed E-state index contributed by atoms with van der Waals surface area (Å²) in [4.78, 5) is 26.3. The summed E-state index contributed by atoms with van der Waals surface area (Å²) in [6.07, 6.45) is 0. The topological polar surface area (TPSA) is 83.6 Å². The quantitative estimate of drug-likeness (QED) is 0.229. The maximum absolute atomic E-state index is 13.6. The highest BCUT2D eigenvalue weighted by Gasteiger charge is 2.27. The molecule has 0 aliphatic heterocycles. The Balaban J connectivity index is 1.57. The van der Waals surface area contributed by atoms with Gasteiger partial charge in [0, 0.05) is 21.8 Å². The van der Waals surface area contributed by atoms with Gasteiger partial charge in [-0.15, -0.1) is 0 Å². The lowest BCUT2D eigenvalue weighted by molar-refractivity contribution is -0.114. The third kappa shape index (κ3) is 6.79. The molecule has 1 N–H and O–H groups in total. The van der Waals surface area contributed by atoms with Crippen LogP contribution in [0.5, 0.6) is 0 Å². The molecule has 0 unspecified atom stereocenters. The highest BCUT2D eigenvalue weighted by Crippen LogP contribution is 2.26. The van der Waals surface area contributed by atoms with Crippen molar-refractivity contribution in [3.63, 3.8) is 0 Å². The number of nitrogens with zero attached hydrogens (tertiary/aromatic N) is 1. The van der Waals surface area contributed by atoms with Crippen LogP contribution in [0.2, 0.25) is 5.02 Å². The number of halogens is 1. The lowest BCUT2D eigenvalue weighted by atomic mass is 9.86. The molecule has 0 aliphatic rings. The van der Waals surface area contributed by atoms with Crippen LogP contribution in [0.4, 0.5) is 11.4 Å². The van der Waals surface area contributed by atoms with E-state index >= 15 is 0 Å². The van der Waals surface area contributed by atoms with Gasteiger partial charge in [0.2, 0.25) is 5.91 Å². The minimum Gasteiger partial charge on any atom is -0.324 e. The number of ketones is 1. The Bertz CT molecular complexity index is 1640. The van der Waals surface area contributed by atoms with Gasteiger partial charge in [0.25, 0.3) is 10.0 Å². The predicted octanol–water partition coefficient (Wildman–Crippen LogP) is 7.01. The Morgan fingerprint density at radius 1 is 0.825 bits per heavy atom. The van der Waals surface area contributed by atoms with Crippen LogP contribution in [0.15, 0.2) is 102 Å². The lowest BCUT2D eigenvalue weighted by Gasteiger charge is -2.24. The van der Waals surface area contributed by atoms with Gasteiger partial charge in [-0.25, -0.2) is 8.42 Å². The largest absolute Gasteiger partial charge is 0.324 e. The van der Waals surface area contributed by atoms with Gasteiger partial charge in [0.15, 0.2) is 5.78 Å². The van der Waals surface area contributed by atoms with E-state index in [0.717, 1.165) is 15.4 Å². The zero-order valence-electron chi connectivity index (χ0n) is 22.8. The number of carbonyl (C=O) groups is 2. The third-order valence-corrected chi connectivity index (χ3v) is 8.44. The van der Waals surface area contributed by atoms with Crippen LogP contribution >= 0.6 is 11.6 Å². The Labute approximate surface area is 240 Å². The van der Waals surface area contributed by atoms with E-state index in [1.807, 2.05) is 25.1 Å².